The second-order valence-corrected chi connectivity index (χ2v) is 6.14. The molecule has 0 saturated carbocycles. The summed E-state index contributed by atoms with van der Waals surface area (Å²) in [7, 11) is 1.60. The fraction of sp³-hybridized carbons (Fsp3) is 0.316. The van der Waals surface area contributed by atoms with E-state index >= 15 is 0 Å². The Balaban J connectivity index is 0.00000208. The quantitative estimate of drug-likeness (QED) is 0.918. The normalized spacial score (nSPS) is 19.2. The predicted octanol–water partition coefficient (Wildman–Crippen LogP) is 3.54. The highest BCUT2D eigenvalue weighted by molar-refractivity contribution is 6.05. The van der Waals surface area contributed by atoms with Crippen molar-refractivity contribution in [3.63, 3.8) is 0 Å². The Bertz CT molecular complexity index is 729. The number of Topliss-reactive ketones (excluding diaryl/α,β-unsaturated/α-hetero) is 1. The molecule has 0 radical (unpaired) electrons. The first-order valence-corrected chi connectivity index (χ1v) is 7.73. The number of benzene rings is 2. The van der Waals surface area contributed by atoms with Crippen molar-refractivity contribution in [1.82, 2.24) is 0 Å². The van der Waals surface area contributed by atoms with Gasteiger partial charge in [0.2, 0.25) is 0 Å². The van der Waals surface area contributed by atoms with E-state index in [1.165, 1.54) is 0 Å². The Kier molecular flexibility index (Phi) is 5.52. The van der Waals surface area contributed by atoms with Crippen LogP contribution in [0.2, 0.25) is 0 Å². The molecule has 0 spiro atoms. The third-order valence-electron chi connectivity index (χ3n) is 4.32. The molecule has 3 rings (SSSR count). The predicted molar refractivity (Wildman–Crippen MR) is 96.3 cm³/mol. The van der Waals surface area contributed by atoms with Crippen molar-refractivity contribution in [2.24, 2.45) is 5.73 Å². The van der Waals surface area contributed by atoms with E-state index in [2.05, 4.69) is 0 Å². The van der Waals surface area contributed by atoms with E-state index in [1.54, 1.807) is 26.2 Å². The molecular weight excluding hydrogens is 326 g/mol. The molecule has 4 nitrogen and oxygen atoms in total. The van der Waals surface area contributed by atoms with Crippen LogP contribution in [-0.2, 0) is 13.0 Å². The SMILES string of the molecule is COc1c(OCc2ccccc2)ccc2c1CCC(C)(N)C2=O.Cl. The van der Waals surface area contributed by atoms with Crippen LogP contribution in [-0.4, -0.2) is 18.4 Å². The van der Waals surface area contributed by atoms with Gasteiger partial charge < -0.3 is 15.2 Å². The molecule has 1 aliphatic rings. The van der Waals surface area contributed by atoms with Crippen LogP contribution in [0.25, 0.3) is 0 Å². The molecule has 0 heterocycles. The summed E-state index contributed by atoms with van der Waals surface area (Å²) in [6.45, 7) is 2.24. The van der Waals surface area contributed by atoms with Crippen molar-refractivity contribution in [3.8, 4) is 11.5 Å². The summed E-state index contributed by atoms with van der Waals surface area (Å²) in [6.07, 6.45) is 1.32. The molecular formula is C19H22ClNO3. The lowest BCUT2D eigenvalue weighted by Crippen LogP contribution is -2.48. The van der Waals surface area contributed by atoms with E-state index in [-0.39, 0.29) is 18.2 Å². The molecule has 2 aromatic rings. The Morgan fingerprint density at radius 3 is 2.54 bits per heavy atom. The zero-order valence-corrected chi connectivity index (χ0v) is 14.7. The highest BCUT2D eigenvalue weighted by Gasteiger charge is 2.36. The van der Waals surface area contributed by atoms with Crippen LogP contribution in [0.1, 0.15) is 34.8 Å². The number of hydrogen-bond donors (Lipinski definition) is 1. The summed E-state index contributed by atoms with van der Waals surface area (Å²) >= 11 is 0. The summed E-state index contributed by atoms with van der Waals surface area (Å²) in [5.41, 5.74) is 7.90. The molecule has 1 atom stereocenters. The second-order valence-electron chi connectivity index (χ2n) is 6.14. The molecule has 0 aromatic heterocycles. The van der Waals surface area contributed by atoms with Gasteiger partial charge in [-0.15, -0.1) is 12.4 Å². The minimum atomic E-state index is -0.801. The Hall–Kier alpha value is -2.04. The van der Waals surface area contributed by atoms with Gasteiger partial charge >= 0.3 is 0 Å². The van der Waals surface area contributed by atoms with Crippen LogP contribution in [0.5, 0.6) is 11.5 Å². The van der Waals surface area contributed by atoms with Crippen molar-refractivity contribution in [2.45, 2.75) is 31.9 Å². The van der Waals surface area contributed by atoms with Gasteiger partial charge in [0.05, 0.1) is 12.6 Å². The molecule has 2 N–H and O–H groups in total. The van der Waals surface area contributed by atoms with Crippen molar-refractivity contribution in [2.75, 3.05) is 7.11 Å². The van der Waals surface area contributed by atoms with Crippen molar-refractivity contribution < 1.29 is 14.3 Å². The summed E-state index contributed by atoms with van der Waals surface area (Å²) in [6, 6.07) is 13.5. The van der Waals surface area contributed by atoms with E-state index < -0.39 is 5.54 Å². The van der Waals surface area contributed by atoms with Crippen molar-refractivity contribution >= 4 is 18.2 Å². The first kappa shape index (κ1) is 18.3. The van der Waals surface area contributed by atoms with Crippen LogP contribution < -0.4 is 15.2 Å². The van der Waals surface area contributed by atoms with E-state index in [4.69, 9.17) is 15.2 Å². The van der Waals surface area contributed by atoms with Crippen molar-refractivity contribution in [3.05, 3.63) is 59.2 Å². The minimum Gasteiger partial charge on any atom is -0.493 e. The Morgan fingerprint density at radius 1 is 1.17 bits per heavy atom. The standard InChI is InChI=1S/C19H21NO3.ClH/c1-19(20)11-10-14-15(18(19)21)8-9-16(17(14)22-2)23-12-13-6-4-3-5-7-13;/h3-9H,10-12,20H2,1-2H3;1H. The van der Waals surface area contributed by atoms with Crippen molar-refractivity contribution in [1.29, 1.82) is 0 Å². The molecule has 2 aromatic carbocycles. The smallest absolute Gasteiger partial charge is 0.182 e. The van der Waals surface area contributed by atoms with Gasteiger partial charge in [-0.25, -0.2) is 0 Å². The number of fused-ring (bicyclic) bond motifs is 1. The zero-order chi connectivity index (χ0) is 16.4. The number of carbonyl (C=O) groups is 1. The summed E-state index contributed by atoms with van der Waals surface area (Å²) < 4.78 is 11.4. The minimum absolute atomic E-state index is 0. The largest absolute Gasteiger partial charge is 0.493 e. The molecule has 0 bridgehead atoms. The first-order valence-electron chi connectivity index (χ1n) is 7.73. The third kappa shape index (κ3) is 3.40. The zero-order valence-electron chi connectivity index (χ0n) is 13.9. The van der Waals surface area contributed by atoms with Crippen LogP contribution >= 0.6 is 12.4 Å². The average Bonchev–Trinajstić information content (AvgIpc) is 2.57. The van der Waals surface area contributed by atoms with Gasteiger partial charge in [0.1, 0.15) is 6.61 Å². The van der Waals surface area contributed by atoms with E-state index in [9.17, 15) is 4.79 Å². The number of methoxy groups -OCH3 is 1. The molecule has 0 aliphatic heterocycles. The fourth-order valence-electron chi connectivity index (χ4n) is 2.95. The Morgan fingerprint density at radius 2 is 1.88 bits per heavy atom. The van der Waals surface area contributed by atoms with Crippen LogP contribution in [0.4, 0.5) is 0 Å². The molecule has 1 aliphatic carbocycles. The number of nitrogens with two attached hydrogens (primary N) is 1. The lowest BCUT2D eigenvalue weighted by Gasteiger charge is -2.30. The topological polar surface area (TPSA) is 61.6 Å². The lowest BCUT2D eigenvalue weighted by molar-refractivity contribution is 0.0880. The number of carbonyl (C=O) groups excluding carboxylic acids is 1. The van der Waals surface area contributed by atoms with Gasteiger partial charge in [-0.3, -0.25) is 4.79 Å². The molecule has 5 heteroatoms. The summed E-state index contributed by atoms with van der Waals surface area (Å²) in [4.78, 5) is 12.5. The maximum Gasteiger partial charge on any atom is 0.182 e. The van der Waals surface area contributed by atoms with Gasteiger partial charge in [0.25, 0.3) is 0 Å². The van der Waals surface area contributed by atoms with E-state index in [0.717, 1.165) is 11.1 Å². The summed E-state index contributed by atoms with van der Waals surface area (Å²) in [5.74, 6) is 1.26. The van der Waals surface area contributed by atoms with Crippen LogP contribution in [0.3, 0.4) is 0 Å². The molecule has 0 fully saturated rings. The van der Waals surface area contributed by atoms with E-state index in [1.807, 2.05) is 30.3 Å². The van der Waals surface area contributed by atoms with E-state index in [0.29, 0.717) is 36.5 Å². The molecule has 0 saturated heterocycles. The lowest BCUT2D eigenvalue weighted by atomic mass is 9.78. The number of ketones is 1. The second kappa shape index (κ2) is 7.24. The van der Waals surface area contributed by atoms with Gasteiger partial charge in [0.15, 0.2) is 17.3 Å². The molecule has 0 amide bonds. The van der Waals surface area contributed by atoms with Gasteiger partial charge in [-0.1, -0.05) is 30.3 Å². The molecule has 24 heavy (non-hydrogen) atoms. The number of rotatable bonds is 4. The molecule has 1 unspecified atom stereocenters. The Labute approximate surface area is 148 Å². The van der Waals surface area contributed by atoms with Gasteiger partial charge in [-0.05, 0) is 37.5 Å². The highest BCUT2D eigenvalue weighted by Crippen LogP contribution is 2.39. The number of hydrogen-bond acceptors (Lipinski definition) is 4. The fourth-order valence-corrected chi connectivity index (χ4v) is 2.95. The maximum atomic E-state index is 12.5. The van der Waals surface area contributed by atoms with Gasteiger partial charge in [-0.2, -0.15) is 0 Å². The number of ether oxygens (including phenoxy) is 2. The first-order chi connectivity index (χ1) is 11.0. The highest BCUT2D eigenvalue weighted by atomic mass is 35.5. The van der Waals surface area contributed by atoms with Gasteiger partial charge in [0, 0.05) is 11.1 Å². The summed E-state index contributed by atoms with van der Waals surface area (Å²) in [5, 5.41) is 0. The monoisotopic (exact) mass is 347 g/mol. The molecule has 128 valence electrons. The van der Waals surface area contributed by atoms with Crippen LogP contribution in [0, 0.1) is 0 Å². The number of halogens is 1. The van der Waals surface area contributed by atoms with Crippen LogP contribution in [0.15, 0.2) is 42.5 Å². The third-order valence-corrected chi connectivity index (χ3v) is 4.32. The average molecular weight is 348 g/mol. The maximum absolute atomic E-state index is 12.5.